The van der Waals surface area contributed by atoms with Crippen molar-refractivity contribution in [2.24, 2.45) is 5.14 Å². The van der Waals surface area contributed by atoms with Gasteiger partial charge in [0.25, 0.3) is 5.91 Å². The second-order valence-electron chi connectivity index (χ2n) is 5.35. The first-order chi connectivity index (χ1) is 11.8. The predicted octanol–water partition coefficient (Wildman–Crippen LogP) is 1.45. The molecule has 132 valence electrons. The van der Waals surface area contributed by atoms with Crippen LogP contribution in [-0.4, -0.2) is 26.4 Å². The molecule has 0 bridgehead atoms. The summed E-state index contributed by atoms with van der Waals surface area (Å²) in [5.74, 6) is -1.04. The van der Waals surface area contributed by atoms with E-state index in [2.05, 4.69) is 5.32 Å². The highest BCUT2D eigenvalue weighted by atomic mass is 32.2. The van der Waals surface area contributed by atoms with E-state index >= 15 is 0 Å². The van der Waals surface area contributed by atoms with Gasteiger partial charge in [0.05, 0.1) is 11.3 Å². The van der Waals surface area contributed by atoms with Gasteiger partial charge >= 0.3 is 5.97 Å². The van der Waals surface area contributed by atoms with E-state index in [-0.39, 0.29) is 11.3 Å². The molecular formula is C17H18N2O5S. The molecule has 2 aromatic rings. The summed E-state index contributed by atoms with van der Waals surface area (Å²) in [6.45, 7) is 1.46. The number of nitrogens with two attached hydrogens (primary N) is 1. The molecule has 2 rings (SSSR count). The summed E-state index contributed by atoms with van der Waals surface area (Å²) in [5.41, 5.74) is 1.15. The van der Waals surface area contributed by atoms with Crippen molar-refractivity contribution in [3.63, 3.8) is 0 Å². The van der Waals surface area contributed by atoms with Gasteiger partial charge in [-0.05, 0) is 36.8 Å². The van der Waals surface area contributed by atoms with Gasteiger partial charge in [0.15, 0.2) is 6.10 Å². The highest BCUT2D eigenvalue weighted by Gasteiger charge is 2.18. The maximum atomic E-state index is 12.1. The predicted molar refractivity (Wildman–Crippen MR) is 92.1 cm³/mol. The summed E-state index contributed by atoms with van der Waals surface area (Å²) in [6.07, 6.45) is -0.921. The Kier molecular flexibility index (Phi) is 5.89. The molecule has 0 unspecified atom stereocenters. The SMILES string of the molecule is C[C@H](OC(=O)Cc1ccccc1)C(=O)Nc1ccc(S(N)(=O)=O)cc1. The molecule has 1 amide bonds. The molecule has 0 saturated carbocycles. The average Bonchev–Trinajstić information content (AvgIpc) is 2.55. The van der Waals surface area contributed by atoms with Crippen molar-refractivity contribution in [1.29, 1.82) is 0 Å². The lowest BCUT2D eigenvalue weighted by Gasteiger charge is -2.13. The fourth-order valence-corrected chi connectivity index (χ4v) is 2.54. The van der Waals surface area contributed by atoms with Crippen LogP contribution in [0.5, 0.6) is 0 Å². The van der Waals surface area contributed by atoms with E-state index in [1.807, 2.05) is 18.2 Å². The number of benzene rings is 2. The lowest BCUT2D eigenvalue weighted by molar-refractivity contribution is -0.152. The summed E-state index contributed by atoms with van der Waals surface area (Å²) in [5, 5.41) is 7.54. The zero-order valence-corrected chi connectivity index (χ0v) is 14.3. The molecule has 7 nitrogen and oxygen atoms in total. The number of anilines is 1. The molecule has 0 aromatic heterocycles. The van der Waals surface area contributed by atoms with Gasteiger partial charge in [0.2, 0.25) is 10.0 Å². The largest absolute Gasteiger partial charge is 0.452 e. The number of sulfonamides is 1. The topological polar surface area (TPSA) is 116 Å². The van der Waals surface area contributed by atoms with Crippen molar-refractivity contribution in [3.05, 3.63) is 60.2 Å². The van der Waals surface area contributed by atoms with E-state index in [4.69, 9.17) is 9.88 Å². The Morgan fingerprint density at radius 3 is 2.24 bits per heavy atom. The van der Waals surface area contributed by atoms with Gasteiger partial charge in [-0.15, -0.1) is 0 Å². The van der Waals surface area contributed by atoms with Gasteiger partial charge in [-0.2, -0.15) is 0 Å². The average molecular weight is 362 g/mol. The van der Waals surface area contributed by atoms with E-state index < -0.39 is 28.0 Å². The van der Waals surface area contributed by atoms with Crippen molar-refractivity contribution >= 4 is 27.6 Å². The van der Waals surface area contributed by atoms with Crippen LogP contribution >= 0.6 is 0 Å². The number of hydrogen-bond acceptors (Lipinski definition) is 5. The van der Waals surface area contributed by atoms with Crippen LogP contribution in [0.15, 0.2) is 59.5 Å². The highest BCUT2D eigenvalue weighted by molar-refractivity contribution is 7.89. The first kappa shape index (κ1) is 18.6. The Balaban J connectivity index is 1.90. The van der Waals surface area contributed by atoms with Crippen molar-refractivity contribution in [2.75, 3.05) is 5.32 Å². The Hall–Kier alpha value is -2.71. The minimum Gasteiger partial charge on any atom is -0.452 e. The number of nitrogens with one attached hydrogen (secondary N) is 1. The lowest BCUT2D eigenvalue weighted by Crippen LogP contribution is -2.30. The molecule has 0 aliphatic heterocycles. The van der Waals surface area contributed by atoms with Gasteiger partial charge in [0.1, 0.15) is 0 Å². The van der Waals surface area contributed by atoms with Gasteiger partial charge < -0.3 is 10.1 Å². The standard InChI is InChI=1S/C17H18N2O5S/c1-12(24-16(20)11-13-5-3-2-4-6-13)17(21)19-14-7-9-15(10-8-14)25(18,22)23/h2-10,12H,11H2,1H3,(H,19,21)(H2,18,22,23)/t12-/m0/s1. The third kappa shape index (κ3) is 5.70. The maximum absolute atomic E-state index is 12.1. The molecule has 0 radical (unpaired) electrons. The number of primary sulfonamides is 1. The molecule has 1 atom stereocenters. The minimum absolute atomic E-state index is 0.0622. The van der Waals surface area contributed by atoms with E-state index in [1.54, 1.807) is 12.1 Å². The van der Waals surface area contributed by atoms with Gasteiger partial charge in [0, 0.05) is 5.69 Å². The van der Waals surface area contributed by atoms with Gasteiger partial charge in [-0.25, -0.2) is 13.6 Å². The number of carbonyl (C=O) groups excluding carboxylic acids is 2. The fraction of sp³-hybridized carbons (Fsp3) is 0.176. The van der Waals surface area contributed by atoms with E-state index in [0.717, 1.165) is 5.56 Å². The summed E-state index contributed by atoms with van der Waals surface area (Å²) in [6, 6.07) is 14.4. The highest BCUT2D eigenvalue weighted by Crippen LogP contribution is 2.13. The number of carbonyl (C=O) groups is 2. The molecule has 25 heavy (non-hydrogen) atoms. The molecule has 8 heteroatoms. The number of ether oxygens (including phenoxy) is 1. The van der Waals surface area contributed by atoms with Crippen LogP contribution in [0.2, 0.25) is 0 Å². The molecular weight excluding hydrogens is 344 g/mol. The quantitative estimate of drug-likeness (QED) is 0.755. The molecule has 0 aliphatic carbocycles. The molecule has 0 spiro atoms. The van der Waals surface area contributed by atoms with Crippen LogP contribution in [0, 0.1) is 0 Å². The lowest BCUT2D eigenvalue weighted by atomic mass is 10.1. The zero-order chi connectivity index (χ0) is 18.4. The Morgan fingerprint density at radius 1 is 1.08 bits per heavy atom. The molecule has 3 N–H and O–H groups in total. The second kappa shape index (κ2) is 7.91. The molecule has 2 aromatic carbocycles. The second-order valence-corrected chi connectivity index (χ2v) is 6.91. The van der Waals surface area contributed by atoms with Crippen molar-refractivity contribution in [1.82, 2.24) is 0 Å². The smallest absolute Gasteiger partial charge is 0.311 e. The fourth-order valence-electron chi connectivity index (χ4n) is 2.03. The van der Waals surface area contributed by atoms with Crippen LogP contribution in [0.4, 0.5) is 5.69 Å². The number of amides is 1. The maximum Gasteiger partial charge on any atom is 0.311 e. The summed E-state index contributed by atoms with van der Waals surface area (Å²) >= 11 is 0. The van der Waals surface area contributed by atoms with Crippen molar-refractivity contribution in [3.8, 4) is 0 Å². The first-order valence-corrected chi connectivity index (χ1v) is 8.97. The molecule has 0 fully saturated rings. The zero-order valence-electron chi connectivity index (χ0n) is 13.5. The Bertz CT molecular complexity index is 848. The van der Waals surface area contributed by atoms with Crippen LogP contribution in [0.25, 0.3) is 0 Å². The molecule has 0 heterocycles. The Morgan fingerprint density at radius 2 is 1.68 bits per heavy atom. The number of esters is 1. The van der Waals surface area contributed by atoms with Crippen LogP contribution in [0.3, 0.4) is 0 Å². The van der Waals surface area contributed by atoms with Gasteiger partial charge in [-0.1, -0.05) is 30.3 Å². The summed E-state index contributed by atoms with van der Waals surface area (Å²) < 4.78 is 27.5. The first-order valence-electron chi connectivity index (χ1n) is 7.43. The third-order valence-electron chi connectivity index (χ3n) is 3.32. The van der Waals surface area contributed by atoms with E-state index in [9.17, 15) is 18.0 Å². The van der Waals surface area contributed by atoms with Crippen LogP contribution < -0.4 is 10.5 Å². The minimum atomic E-state index is -3.79. The number of hydrogen-bond donors (Lipinski definition) is 2. The van der Waals surface area contributed by atoms with Crippen molar-refractivity contribution < 1.29 is 22.7 Å². The summed E-state index contributed by atoms with van der Waals surface area (Å²) in [7, 11) is -3.79. The normalized spacial score (nSPS) is 12.2. The van der Waals surface area contributed by atoms with Crippen molar-refractivity contribution in [2.45, 2.75) is 24.3 Å². The molecule has 0 aliphatic rings. The van der Waals surface area contributed by atoms with Crippen LogP contribution in [-0.2, 0) is 30.8 Å². The monoisotopic (exact) mass is 362 g/mol. The Labute approximate surface area is 145 Å². The van der Waals surface area contributed by atoms with E-state index in [1.165, 1.54) is 31.2 Å². The summed E-state index contributed by atoms with van der Waals surface area (Å²) in [4.78, 5) is 23.8. The molecule has 0 saturated heterocycles. The van der Waals surface area contributed by atoms with Crippen LogP contribution in [0.1, 0.15) is 12.5 Å². The van der Waals surface area contributed by atoms with Gasteiger partial charge in [-0.3, -0.25) is 9.59 Å². The number of rotatable bonds is 6. The van der Waals surface area contributed by atoms with E-state index in [0.29, 0.717) is 5.69 Å². The third-order valence-corrected chi connectivity index (χ3v) is 4.25.